The standard InChI is InChI=1S/C25H30N2O3/c1-17-10-12-27(13-11-17)16-18-4-7-20(8-5-18)26-24(29)19-6-9-23-21(14-19)22(28)15-25(2,3)30-23/h4-9,14,17H,10-13,15-16H2,1-3H3,(H,26,29). The number of carbonyl (C=O) groups excluding carboxylic acids is 2. The molecule has 0 spiro atoms. The van der Waals surface area contributed by atoms with Crippen molar-refractivity contribution >= 4 is 17.4 Å². The Hall–Kier alpha value is -2.66. The van der Waals surface area contributed by atoms with Crippen LogP contribution in [0, 0.1) is 5.92 Å². The van der Waals surface area contributed by atoms with Crippen LogP contribution in [-0.4, -0.2) is 35.3 Å². The summed E-state index contributed by atoms with van der Waals surface area (Å²) in [6.45, 7) is 9.36. The van der Waals surface area contributed by atoms with E-state index < -0.39 is 5.60 Å². The van der Waals surface area contributed by atoms with E-state index in [9.17, 15) is 9.59 Å². The van der Waals surface area contributed by atoms with Crippen LogP contribution in [0.1, 0.15) is 66.3 Å². The van der Waals surface area contributed by atoms with Crippen LogP contribution in [0.25, 0.3) is 0 Å². The van der Waals surface area contributed by atoms with Gasteiger partial charge < -0.3 is 10.1 Å². The molecule has 4 rings (SSSR count). The zero-order chi connectivity index (χ0) is 21.3. The average molecular weight is 407 g/mol. The van der Waals surface area contributed by atoms with Crippen molar-refractivity contribution in [2.75, 3.05) is 18.4 Å². The number of piperidine rings is 1. The van der Waals surface area contributed by atoms with Crippen LogP contribution < -0.4 is 10.1 Å². The number of amides is 1. The molecule has 1 saturated heterocycles. The van der Waals surface area contributed by atoms with Gasteiger partial charge in [0.05, 0.1) is 12.0 Å². The summed E-state index contributed by atoms with van der Waals surface area (Å²) < 4.78 is 5.87. The third-order valence-electron chi connectivity index (χ3n) is 6.01. The minimum absolute atomic E-state index is 0.00681. The summed E-state index contributed by atoms with van der Waals surface area (Å²) in [6.07, 6.45) is 2.84. The number of hydrogen-bond donors (Lipinski definition) is 1. The van der Waals surface area contributed by atoms with Crippen LogP contribution in [0.2, 0.25) is 0 Å². The van der Waals surface area contributed by atoms with Crippen molar-refractivity contribution in [2.24, 2.45) is 5.92 Å². The van der Waals surface area contributed by atoms with E-state index in [0.29, 0.717) is 23.3 Å². The third-order valence-corrected chi connectivity index (χ3v) is 6.01. The maximum absolute atomic E-state index is 12.7. The summed E-state index contributed by atoms with van der Waals surface area (Å²) in [4.78, 5) is 27.6. The molecular weight excluding hydrogens is 376 g/mol. The van der Waals surface area contributed by atoms with E-state index in [1.54, 1.807) is 18.2 Å². The van der Waals surface area contributed by atoms with Gasteiger partial charge in [-0.15, -0.1) is 0 Å². The predicted octanol–water partition coefficient (Wildman–Crippen LogP) is 4.91. The second kappa shape index (κ2) is 8.23. The fourth-order valence-corrected chi connectivity index (χ4v) is 4.17. The number of benzene rings is 2. The molecule has 2 aromatic rings. The quantitative estimate of drug-likeness (QED) is 0.783. The Bertz CT molecular complexity index is 941. The maximum atomic E-state index is 12.7. The van der Waals surface area contributed by atoms with Gasteiger partial charge >= 0.3 is 0 Å². The summed E-state index contributed by atoms with van der Waals surface area (Å²) >= 11 is 0. The van der Waals surface area contributed by atoms with E-state index in [1.807, 2.05) is 26.0 Å². The number of rotatable bonds is 4. The smallest absolute Gasteiger partial charge is 0.255 e. The molecule has 1 N–H and O–H groups in total. The summed E-state index contributed by atoms with van der Waals surface area (Å²) in [5, 5.41) is 2.93. The number of hydrogen-bond acceptors (Lipinski definition) is 4. The molecule has 2 aliphatic rings. The Morgan fingerprint density at radius 1 is 1.13 bits per heavy atom. The fraction of sp³-hybridized carbons (Fsp3) is 0.440. The number of nitrogens with one attached hydrogen (secondary N) is 1. The topological polar surface area (TPSA) is 58.6 Å². The van der Waals surface area contributed by atoms with Crippen molar-refractivity contribution in [3.8, 4) is 5.75 Å². The molecular formula is C25H30N2O3. The SMILES string of the molecule is CC1CCN(Cc2ccc(NC(=O)c3ccc4c(c3)C(=O)CC(C)(C)O4)cc2)CC1. The van der Waals surface area contributed by atoms with Gasteiger partial charge in [-0.1, -0.05) is 19.1 Å². The van der Waals surface area contributed by atoms with Crippen molar-refractivity contribution < 1.29 is 14.3 Å². The Morgan fingerprint density at radius 2 is 1.83 bits per heavy atom. The molecule has 1 fully saturated rings. The molecule has 0 saturated carbocycles. The summed E-state index contributed by atoms with van der Waals surface area (Å²) in [5.41, 5.74) is 2.42. The molecule has 158 valence electrons. The predicted molar refractivity (Wildman–Crippen MR) is 118 cm³/mol. The van der Waals surface area contributed by atoms with Crippen molar-refractivity contribution in [3.05, 3.63) is 59.2 Å². The van der Waals surface area contributed by atoms with Gasteiger partial charge in [-0.2, -0.15) is 0 Å². The fourth-order valence-electron chi connectivity index (χ4n) is 4.17. The molecule has 0 atom stereocenters. The molecule has 2 aromatic carbocycles. The van der Waals surface area contributed by atoms with Gasteiger partial charge in [0, 0.05) is 17.8 Å². The highest BCUT2D eigenvalue weighted by molar-refractivity contribution is 6.07. The number of Topliss-reactive ketones (excluding diaryl/α,β-unsaturated/α-hetero) is 1. The van der Waals surface area contributed by atoms with Crippen LogP contribution in [0.4, 0.5) is 5.69 Å². The van der Waals surface area contributed by atoms with Gasteiger partial charge in [0.25, 0.3) is 5.91 Å². The second-order valence-corrected chi connectivity index (χ2v) is 9.28. The van der Waals surface area contributed by atoms with Crippen LogP contribution in [0.5, 0.6) is 5.75 Å². The maximum Gasteiger partial charge on any atom is 0.255 e. The van der Waals surface area contributed by atoms with Crippen LogP contribution in [-0.2, 0) is 6.54 Å². The van der Waals surface area contributed by atoms with E-state index >= 15 is 0 Å². The molecule has 0 radical (unpaired) electrons. The molecule has 0 bridgehead atoms. The lowest BCUT2D eigenvalue weighted by atomic mass is 9.92. The van der Waals surface area contributed by atoms with Gasteiger partial charge in [-0.25, -0.2) is 0 Å². The molecule has 30 heavy (non-hydrogen) atoms. The molecule has 2 heterocycles. The van der Waals surface area contributed by atoms with Crippen LogP contribution >= 0.6 is 0 Å². The van der Waals surface area contributed by atoms with Crippen molar-refractivity contribution in [1.82, 2.24) is 4.90 Å². The summed E-state index contributed by atoms with van der Waals surface area (Å²) in [5.74, 6) is 1.15. The molecule has 0 aromatic heterocycles. The number of anilines is 1. The average Bonchev–Trinajstić information content (AvgIpc) is 2.70. The number of carbonyl (C=O) groups is 2. The number of nitrogens with zero attached hydrogens (tertiary/aromatic N) is 1. The van der Waals surface area contributed by atoms with E-state index in [1.165, 1.54) is 18.4 Å². The minimum Gasteiger partial charge on any atom is -0.487 e. The van der Waals surface area contributed by atoms with Gasteiger partial charge in [0.1, 0.15) is 11.4 Å². The lowest BCUT2D eigenvalue weighted by Gasteiger charge is -2.31. The monoisotopic (exact) mass is 406 g/mol. The van der Waals surface area contributed by atoms with Crippen molar-refractivity contribution in [2.45, 2.75) is 52.2 Å². The van der Waals surface area contributed by atoms with Crippen LogP contribution in [0.15, 0.2) is 42.5 Å². The number of fused-ring (bicyclic) bond motifs is 1. The summed E-state index contributed by atoms with van der Waals surface area (Å²) in [7, 11) is 0. The van der Waals surface area contributed by atoms with Gasteiger partial charge in [0.15, 0.2) is 5.78 Å². The molecule has 5 nitrogen and oxygen atoms in total. The molecule has 1 amide bonds. The first kappa shape index (κ1) is 20.6. The molecule has 0 aliphatic carbocycles. The Morgan fingerprint density at radius 3 is 2.53 bits per heavy atom. The zero-order valence-electron chi connectivity index (χ0n) is 18.0. The lowest BCUT2D eigenvalue weighted by molar-refractivity contribution is 0.0620. The highest BCUT2D eigenvalue weighted by Crippen LogP contribution is 2.33. The van der Waals surface area contributed by atoms with E-state index in [0.717, 1.165) is 31.2 Å². The highest BCUT2D eigenvalue weighted by atomic mass is 16.5. The third kappa shape index (κ3) is 4.73. The Balaban J connectivity index is 1.39. The van der Waals surface area contributed by atoms with Crippen molar-refractivity contribution in [1.29, 1.82) is 0 Å². The number of ether oxygens (including phenoxy) is 1. The lowest BCUT2D eigenvalue weighted by Crippen LogP contribution is -2.36. The zero-order valence-corrected chi connectivity index (χ0v) is 18.0. The van der Waals surface area contributed by atoms with Gasteiger partial charge in [-0.3, -0.25) is 14.5 Å². The first-order chi connectivity index (χ1) is 14.3. The minimum atomic E-state index is -0.512. The number of ketones is 1. The normalized spacial score (nSPS) is 19.1. The molecule has 0 unspecified atom stereocenters. The first-order valence-corrected chi connectivity index (χ1v) is 10.8. The van der Waals surface area contributed by atoms with E-state index in [-0.39, 0.29) is 11.7 Å². The van der Waals surface area contributed by atoms with Gasteiger partial charge in [-0.05, 0) is 81.6 Å². The van der Waals surface area contributed by atoms with E-state index in [2.05, 4.69) is 29.3 Å². The molecule has 5 heteroatoms. The first-order valence-electron chi connectivity index (χ1n) is 10.8. The molecule has 2 aliphatic heterocycles. The van der Waals surface area contributed by atoms with Crippen molar-refractivity contribution in [3.63, 3.8) is 0 Å². The Kier molecular flexibility index (Phi) is 5.65. The van der Waals surface area contributed by atoms with Gasteiger partial charge in [0.2, 0.25) is 0 Å². The Labute approximate surface area is 178 Å². The second-order valence-electron chi connectivity index (χ2n) is 9.28. The number of likely N-dealkylation sites (tertiary alicyclic amines) is 1. The van der Waals surface area contributed by atoms with E-state index in [4.69, 9.17) is 4.74 Å². The van der Waals surface area contributed by atoms with Crippen LogP contribution in [0.3, 0.4) is 0 Å². The summed E-state index contributed by atoms with van der Waals surface area (Å²) in [6, 6.07) is 13.1. The highest BCUT2D eigenvalue weighted by Gasteiger charge is 2.32. The largest absolute Gasteiger partial charge is 0.487 e.